The molecule has 0 unspecified atom stereocenters. The molecule has 2 aromatic heterocycles. The first kappa shape index (κ1) is 14.9. The molecular weight excluding hydrogens is 308 g/mol. The molecule has 24 heavy (non-hydrogen) atoms. The second-order valence-corrected chi connectivity index (χ2v) is 6.41. The molecule has 8 nitrogen and oxygen atoms in total. The molecule has 0 aromatic carbocycles. The van der Waals surface area contributed by atoms with E-state index in [-0.39, 0.29) is 17.7 Å². The summed E-state index contributed by atoms with van der Waals surface area (Å²) in [5.41, 5.74) is 0.822. The predicted molar refractivity (Wildman–Crippen MR) is 87.5 cm³/mol. The fraction of sp³-hybridized carbons (Fsp3) is 0.500. The van der Waals surface area contributed by atoms with Crippen molar-refractivity contribution in [2.24, 2.45) is 5.92 Å². The van der Waals surface area contributed by atoms with Crippen molar-refractivity contribution < 1.29 is 9.59 Å². The van der Waals surface area contributed by atoms with Gasteiger partial charge in [-0.25, -0.2) is 9.50 Å². The lowest BCUT2D eigenvalue weighted by atomic mass is 10.1. The maximum atomic E-state index is 12.6. The average Bonchev–Trinajstić information content (AvgIpc) is 3.20. The fourth-order valence-electron chi connectivity index (χ4n) is 3.42. The molecule has 126 valence electrons. The Labute approximate surface area is 139 Å². The van der Waals surface area contributed by atoms with Crippen LogP contribution in [0.1, 0.15) is 6.42 Å². The Hall–Kier alpha value is -2.64. The highest BCUT2D eigenvalue weighted by Gasteiger charge is 2.35. The third-order valence-corrected chi connectivity index (χ3v) is 4.85. The van der Waals surface area contributed by atoms with Crippen LogP contribution >= 0.6 is 0 Å². The summed E-state index contributed by atoms with van der Waals surface area (Å²) in [7, 11) is 1.76. The molecule has 2 aliphatic rings. The molecular formula is C16H20N6O2. The van der Waals surface area contributed by atoms with Crippen molar-refractivity contribution in [3.63, 3.8) is 0 Å². The Morgan fingerprint density at radius 2 is 2.00 bits per heavy atom. The molecule has 2 amide bonds. The zero-order valence-corrected chi connectivity index (χ0v) is 13.6. The average molecular weight is 328 g/mol. The third-order valence-electron chi connectivity index (χ3n) is 4.85. The van der Waals surface area contributed by atoms with Gasteiger partial charge in [-0.15, -0.1) is 5.10 Å². The topological polar surface area (TPSA) is 74.1 Å². The third kappa shape index (κ3) is 2.57. The van der Waals surface area contributed by atoms with Gasteiger partial charge in [0, 0.05) is 58.6 Å². The second kappa shape index (κ2) is 5.77. The number of amides is 2. The Morgan fingerprint density at radius 1 is 1.21 bits per heavy atom. The van der Waals surface area contributed by atoms with Gasteiger partial charge in [0.1, 0.15) is 5.82 Å². The highest BCUT2D eigenvalue weighted by molar-refractivity contribution is 5.89. The summed E-state index contributed by atoms with van der Waals surface area (Å²) in [5.74, 6) is 0.869. The molecule has 0 N–H and O–H groups in total. The van der Waals surface area contributed by atoms with Crippen LogP contribution < -0.4 is 4.90 Å². The molecule has 0 spiro atoms. The van der Waals surface area contributed by atoms with E-state index in [1.165, 1.54) is 0 Å². The Balaban J connectivity index is 1.39. The van der Waals surface area contributed by atoms with E-state index in [2.05, 4.69) is 15.0 Å². The van der Waals surface area contributed by atoms with Crippen molar-refractivity contribution in [3.8, 4) is 0 Å². The number of fused-ring (bicyclic) bond motifs is 1. The summed E-state index contributed by atoms with van der Waals surface area (Å²) in [5, 5.41) is 4.55. The van der Waals surface area contributed by atoms with Gasteiger partial charge in [0.05, 0.1) is 5.92 Å². The van der Waals surface area contributed by atoms with E-state index in [0.717, 1.165) is 24.6 Å². The minimum Gasteiger partial charge on any atom is -0.352 e. The van der Waals surface area contributed by atoms with Gasteiger partial charge in [0.25, 0.3) is 0 Å². The summed E-state index contributed by atoms with van der Waals surface area (Å²) < 4.78 is 1.76. The molecule has 1 atom stereocenters. The van der Waals surface area contributed by atoms with Gasteiger partial charge in [0.2, 0.25) is 11.8 Å². The molecule has 8 heteroatoms. The largest absolute Gasteiger partial charge is 0.352 e. The summed E-state index contributed by atoms with van der Waals surface area (Å²) in [6.45, 7) is 3.36. The number of anilines is 1. The first-order valence-corrected chi connectivity index (χ1v) is 8.20. The van der Waals surface area contributed by atoms with Gasteiger partial charge < -0.3 is 14.7 Å². The molecule has 2 saturated heterocycles. The number of hydrogen-bond acceptors (Lipinski definition) is 5. The summed E-state index contributed by atoms with van der Waals surface area (Å²) in [4.78, 5) is 34.1. The van der Waals surface area contributed by atoms with Gasteiger partial charge in [0.15, 0.2) is 5.65 Å². The van der Waals surface area contributed by atoms with Crippen molar-refractivity contribution >= 4 is 23.3 Å². The van der Waals surface area contributed by atoms with Crippen molar-refractivity contribution in [1.82, 2.24) is 24.4 Å². The number of piperazine rings is 1. The van der Waals surface area contributed by atoms with Crippen LogP contribution in [0, 0.1) is 5.92 Å². The van der Waals surface area contributed by atoms with E-state index in [1.807, 2.05) is 23.2 Å². The molecule has 2 aliphatic heterocycles. The van der Waals surface area contributed by atoms with Crippen LogP contribution in [-0.2, 0) is 9.59 Å². The number of aromatic nitrogens is 3. The highest BCUT2D eigenvalue weighted by Crippen LogP contribution is 2.20. The smallest absolute Gasteiger partial charge is 0.228 e. The molecule has 0 saturated carbocycles. The lowest BCUT2D eigenvalue weighted by Crippen LogP contribution is -2.51. The van der Waals surface area contributed by atoms with Crippen LogP contribution in [0.25, 0.3) is 5.65 Å². The lowest BCUT2D eigenvalue weighted by molar-refractivity contribution is -0.136. The Kier molecular flexibility index (Phi) is 3.59. The molecule has 4 rings (SSSR count). The zero-order valence-electron chi connectivity index (χ0n) is 13.6. The monoisotopic (exact) mass is 328 g/mol. The number of rotatable bonds is 2. The minimum atomic E-state index is -0.186. The van der Waals surface area contributed by atoms with Crippen LogP contribution in [0.5, 0.6) is 0 Å². The quantitative estimate of drug-likeness (QED) is 0.767. The van der Waals surface area contributed by atoms with E-state index < -0.39 is 0 Å². The van der Waals surface area contributed by atoms with E-state index in [4.69, 9.17) is 0 Å². The van der Waals surface area contributed by atoms with Crippen molar-refractivity contribution in [1.29, 1.82) is 0 Å². The van der Waals surface area contributed by atoms with Crippen LogP contribution in [-0.4, -0.2) is 76.0 Å². The van der Waals surface area contributed by atoms with Gasteiger partial charge in [-0.1, -0.05) is 0 Å². The summed E-state index contributed by atoms with van der Waals surface area (Å²) >= 11 is 0. The van der Waals surface area contributed by atoms with E-state index in [9.17, 15) is 9.59 Å². The van der Waals surface area contributed by atoms with Gasteiger partial charge >= 0.3 is 0 Å². The number of carbonyl (C=O) groups excluding carboxylic acids is 2. The molecule has 2 aromatic rings. The fourth-order valence-corrected chi connectivity index (χ4v) is 3.42. The lowest BCUT2D eigenvalue weighted by Gasteiger charge is -2.36. The van der Waals surface area contributed by atoms with E-state index in [0.29, 0.717) is 26.1 Å². The Bertz CT molecular complexity index is 780. The maximum Gasteiger partial charge on any atom is 0.228 e. The number of hydrogen-bond donors (Lipinski definition) is 0. The molecule has 0 aliphatic carbocycles. The summed E-state index contributed by atoms with van der Waals surface area (Å²) in [6.07, 6.45) is 3.89. The maximum absolute atomic E-state index is 12.6. The van der Waals surface area contributed by atoms with Crippen LogP contribution in [0.3, 0.4) is 0 Å². The van der Waals surface area contributed by atoms with Gasteiger partial charge in [-0.3, -0.25) is 9.59 Å². The van der Waals surface area contributed by atoms with Gasteiger partial charge in [-0.05, 0) is 12.1 Å². The predicted octanol–water partition coefficient (Wildman–Crippen LogP) is -0.144. The normalized spacial score (nSPS) is 21.8. The van der Waals surface area contributed by atoms with E-state index in [1.54, 1.807) is 22.7 Å². The van der Waals surface area contributed by atoms with Crippen LogP contribution in [0.4, 0.5) is 5.82 Å². The number of carbonyl (C=O) groups is 2. The van der Waals surface area contributed by atoms with Crippen molar-refractivity contribution in [3.05, 3.63) is 24.5 Å². The standard InChI is InChI=1S/C16H20N6O2/c1-19-11-12(10-15(19)23)16(24)21-8-6-20(7-9-21)14-3-2-13-17-4-5-22(13)18-14/h2-5,12H,6-11H2,1H3/t12-/m1/s1. The first-order valence-electron chi connectivity index (χ1n) is 8.20. The zero-order chi connectivity index (χ0) is 16.7. The number of nitrogens with zero attached hydrogens (tertiary/aromatic N) is 6. The molecule has 4 heterocycles. The van der Waals surface area contributed by atoms with Crippen molar-refractivity contribution in [2.45, 2.75) is 6.42 Å². The number of imidazole rings is 1. The Morgan fingerprint density at radius 3 is 2.71 bits per heavy atom. The second-order valence-electron chi connectivity index (χ2n) is 6.41. The minimum absolute atomic E-state index is 0.0600. The van der Waals surface area contributed by atoms with E-state index >= 15 is 0 Å². The van der Waals surface area contributed by atoms with Gasteiger partial charge in [-0.2, -0.15) is 0 Å². The molecule has 0 radical (unpaired) electrons. The van der Waals surface area contributed by atoms with Crippen LogP contribution in [0.15, 0.2) is 24.5 Å². The first-order chi connectivity index (χ1) is 11.6. The summed E-state index contributed by atoms with van der Waals surface area (Å²) in [6, 6.07) is 3.91. The number of likely N-dealkylation sites (tertiary alicyclic amines) is 1. The highest BCUT2D eigenvalue weighted by atomic mass is 16.2. The SMILES string of the molecule is CN1C[C@H](C(=O)N2CCN(c3ccc4nccn4n3)CC2)CC1=O. The van der Waals surface area contributed by atoms with Crippen LogP contribution in [0.2, 0.25) is 0 Å². The van der Waals surface area contributed by atoms with Crippen molar-refractivity contribution in [2.75, 3.05) is 44.7 Å². The molecule has 2 fully saturated rings. The molecule has 0 bridgehead atoms.